The smallest absolute Gasteiger partial charge is 0.230 e. The Kier molecular flexibility index (Phi) is 4.33. The summed E-state index contributed by atoms with van der Waals surface area (Å²) in [6.45, 7) is 0. The average Bonchev–Trinajstić information content (AvgIpc) is 2.62. The largest absolute Gasteiger partial charge is 0.497 e. The van der Waals surface area contributed by atoms with E-state index in [1.165, 1.54) is 6.33 Å². The molecule has 0 amide bonds. The summed E-state index contributed by atoms with van der Waals surface area (Å²) in [5.74, 6) is 2.43. The van der Waals surface area contributed by atoms with Gasteiger partial charge >= 0.3 is 0 Å². The predicted molar refractivity (Wildman–Crippen MR) is 88.1 cm³/mol. The molecule has 2 aromatic carbocycles. The van der Waals surface area contributed by atoms with Crippen LogP contribution in [-0.2, 0) is 0 Å². The molecule has 3 rings (SSSR count). The second-order valence-electron chi connectivity index (χ2n) is 4.73. The van der Waals surface area contributed by atoms with Crippen molar-refractivity contribution in [3.05, 3.63) is 54.9 Å². The summed E-state index contributed by atoms with van der Waals surface area (Å²) in [6.07, 6.45) is 1.48. The average molecular weight is 308 g/mol. The second-order valence-corrected chi connectivity index (χ2v) is 4.73. The highest BCUT2D eigenvalue weighted by molar-refractivity contribution is 5.61. The van der Waals surface area contributed by atoms with Crippen molar-refractivity contribution < 1.29 is 9.47 Å². The molecule has 0 saturated carbocycles. The molecule has 6 nitrogen and oxygen atoms in total. The fraction of sp³-hybridized carbons (Fsp3) is 0.118. The number of hydrogen-bond donors (Lipinski definition) is 1. The number of benzene rings is 2. The third-order valence-electron chi connectivity index (χ3n) is 3.21. The van der Waals surface area contributed by atoms with Crippen molar-refractivity contribution in [1.29, 1.82) is 0 Å². The van der Waals surface area contributed by atoms with Crippen LogP contribution in [0, 0.1) is 0 Å². The van der Waals surface area contributed by atoms with Gasteiger partial charge < -0.3 is 14.8 Å². The van der Waals surface area contributed by atoms with E-state index >= 15 is 0 Å². The van der Waals surface area contributed by atoms with E-state index < -0.39 is 0 Å². The van der Waals surface area contributed by atoms with Crippen LogP contribution in [0.4, 0.5) is 11.6 Å². The normalized spacial score (nSPS) is 10.2. The summed E-state index contributed by atoms with van der Waals surface area (Å²) < 4.78 is 10.5. The molecule has 0 atom stereocenters. The van der Waals surface area contributed by atoms with E-state index in [0.717, 1.165) is 11.3 Å². The van der Waals surface area contributed by atoms with Crippen LogP contribution < -0.4 is 14.8 Å². The third-order valence-corrected chi connectivity index (χ3v) is 3.21. The molecule has 0 bridgehead atoms. The summed E-state index contributed by atoms with van der Waals surface area (Å²) >= 11 is 0. The van der Waals surface area contributed by atoms with Crippen molar-refractivity contribution in [2.45, 2.75) is 0 Å². The van der Waals surface area contributed by atoms with E-state index in [4.69, 9.17) is 9.47 Å². The Bertz CT molecular complexity index is 771. The predicted octanol–water partition coefficient (Wildman–Crippen LogP) is 3.30. The number of rotatable bonds is 5. The third kappa shape index (κ3) is 3.55. The molecule has 0 fully saturated rings. The molecule has 1 N–H and O–H groups in total. The topological polar surface area (TPSA) is 69.2 Å². The minimum Gasteiger partial charge on any atom is -0.497 e. The number of nitrogens with one attached hydrogen (secondary N) is 1. The van der Waals surface area contributed by atoms with Gasteiger partial charge in [-0.2, -0.15) is 4.98 Å². The number of hydrogen-bond acceptors (Lipinski definition) is 6. The van der Waals surface area contributed by atoms with Gasteiger partial charge in [-0.15, -0.1) is 0 Å². The maximum absolute atomic E-state index is 5.25. The number of methoxy groups -OCH3 is 2. The Hall–Kier alpha value is -3.15. The SMILES string of the molecule is COc1cc(Nc2ncnc(-c3ccccc3)n2)cc(OC)c1. The maximum atomic E-state index is 5.25. The lowest BCUT2D eigenvalue weighted by Gasteiger charge is -2.10. The second kappa shape index (κ2) is 6.74. The Morgan fingerprint density at radius 1 is 0.870 bits per heavy atom. The van der Waals surface area contributed by atoms with Gasteiger partial charge in [-0.05, 0) is 0 Å². The molecule has 0 radical (unpaired) electrons. The lowest BCUT2D eigenvalue weighted by atomic mass is 10.2. The molecule has 23 heavy (non-hydrogen) atoms. The van der Waals surface area contributed by atoms with Crippen molar-refractivity contribution >= 4 is 11.6 Å². The van der Waals surface area contributed by atoms with Crippen molar-refractivity contribution in [2.75, 3.05) is 19.5 Å². The first-order chi connectivity index (χ1) is 11.3. The van der Waals surface area contributed by atoms with Gasteiger partial charge in [0, 0.05) is 29.4 Å². The zero-order chi connectivity index (χ0) is 16.1. The summed E-state index contributed by atoms with van der Waals surface area (Å²) in [6, 6.07) is 15.2. The molecule has 6 heteroatoms. The molecule has 1 aromatic heterocycles. The van der Waals surface area contributed by atoms with E-state index in [9.17, 15) is 0 Å². The van der Waals surface area contributed by atoms with E-state index in [2.05, 4.69) is 20.3 Å². The maximum Gasteiger partial charge on any atom is 0.230 e. The molecule has 3 aromatic rings. The first kappa shape index (κ1) is 14.8. The number of ether oxygens (including phenoxy) is 2. The number of aromatic nitrogens is 3. The van der Waals surface area contributed by atoms with Gasteiger partial charge in [0.15, 0.2) is 5.82 Å². The summed E-state index contributed by atoms with van der Waals surface area (Å²) in [4.78, 5) is 12.8. The lowest BCUT2D eigenvalue weighted by Crippen LogP contribution is -2.00. The highest BCUT2D eigenvalue weighted by atomic mass is 16.5. The summed E-state index contributed by atoms with van der Waals surface area (Å²) in [5.41, 5.74) is 1.70. The Labute approximate surface area is 134 Å². The van der Waals surface area contributed by atoms with Crippen LogP contribution in [0.3, 0.4) is 0 Å². The van der Waals surface area contributed by atoms with Crippen molar-refractivity contribution in [1.82, 2.24) is 15.0 Å². The standard InChI is InChI=1S/C17H16N4O2/c1-22-14-8-13(9-15(10-14)23-2)20-17-19-11-18-16(21-17)12-6-4-3-5-7-12/h3-11H,1-2H3,(H,18,19,20,21). The summed E-state index contributed by atoms with van der Waals surface area (Å²) in [7, 11) is 3.21. The summed E-state index contributed by atoms with van der Waals surface area (Å²) in [5, 5.41) is 3.14. The van der Waals surface area contributed by atoms with Gasteiger partial charge in [-0.3, -0.25) is 0 Å². The fourth-order valence-corrected chi connectivity index (χ4v) is 2.09. The minimum absolute atomic E-state index is 0.453. The monoisotopic (exact) mass is 308 g/mol. The van der Waals surface area contributed by atoms with Crippen LogP contribution in [0.2, 0.25) is 0 Å². The molecular weight excluding hydrogens is 292 g/mol. The quantitative estimate of drug-likeness (QED) is 0.780. The van der Waals surface area contributed by atoms with E-state index in [0.29, 0.717) is 23.3 Å². The lowest BCUT2D eigenvalue weighted by molar-refractivity contribution is 0.395. The number of anilines is 2. The van der Waals surface area contributed by atoms with Gasteiger partial charge in [0.1, 0.15) is 17.8 Å². The zero-order valence-corrected chi connectivity index (χ0v) is 12.9. The Balaban J connectivity index is 1.89. The van der Waals surface area contributed by atoms with Crippen LogP contribution >= 0.6 is 0 Å². The van der Waals surface area contributed by atoms with Crippen LogP contribution in [0.5, 0.6) is 11.5 Å². The molecule has 0 aliphatic rings. The van der Waals surface area contributed by atoms with Crippen molar-refractivity contribution in [3.8, 4) is 22.9 Å². The first-order valence-corrected chi connectivity index (χ1v) is 7.03. The minimum atomic E-state index is 0.453. The molecule has 0 spiro atoms. The van der Waals surface area contributed by atoms with Crippen LogP contribution in [-0.4, -0.2) is 29.2 Å². The molecule has 1 heterocycles. The molecule has 0 unspecified atom stereocenters. The molecule has 0 saturated heterocycles. The Morgan fingerprint density at radius 3 is 2.22 bits per heavy atom. The zero-order valence-electron chi connectivity index (χ0n) is 12.9. The van der Waals surface area contributed by atoms with Crippen molar-refractivity contribution in [3.63, 3.8) is 0 Å². The van der Waals surface area contributed by atoms with Gasteiger partial charge in [0.2, 0.25) is 5.95 Å². The highest BCUT2D eigenvalue weighted by Gasteiger charge is 2.06. The molecular formula is C17H16N4O2. The van der Waals surface area contributed by atoms with E-state index in [1.807, 2.05) is 42.5 Å². The molecule has 0 aliphatic heterocycles. The Morgan fingerprint density at radius 2 is 1.57 bits per heavy atom. The first-order valence-electron chi connectivity index (χ1n) is 7.03. The molecule has 116 valence electrons. The highest BCUT2D eigenvalue weighted by Crippen LogP contribution is 2.27. The van der Waals surface area contributed by atoms with Gasteiger partial charge in [0.05, 0.1) is 14.2 Å². The van der Waals surface area contributed by atoms with Crippen LogP contribution in [0.15, 0.2) is 54.9 Å². The fourth-order valence-electron chi connectivity index (χ4n) is 2.09. The number of nitrogens with zero attached hydrogens (tertiary/aromatic N) is 3. The van der Waals surface area contributed by atoms with E-state index in [1.54, 1.807) is 20.3 Å². The van der Waals surface area contributed by atoms with Crippen LogP contribution in [0.1, 0.15) is 0 Å². The van der Waals surface area contributed by atoms with Crippen LogP contribution in [0.25, 0.3) is 11.4 Å². The van der Waals surface area contributed by atoms with E-state index in [-0.39, 0.29) is 0 Å². The van der Waals surface area contributed by atoms with Gasteiger partial charge in [-0.25, -0.2) is 9.97 Å². The van der Waals surface area contributed by atoms with Gasteiger partial charge in [-0.1, -0.05) is 30.3 Å². The van der Waals surface area contributed by atoms with Crippen molar-refractivity contribution in [2.24, 2.45) is 0 Å². The van der Waals surface area contributed by atoms with Gasteiger partial charge in [0.25, 0.3) is 0 Å². The molecule has 0 aliphatic carbocycles.